The van der Waals surface area contributed by atoms with Crippen molar-refractivity contribution in [1.82, 2.24) is 14.5 Å². The van der Waals surface area contributed by atoms with Crippen LogP contribution in [0.2, 0.25) is 0 Å². The van der Waals surface area contributed by atoms with Gasteiger partial charge in [0.05, 0.1) is 36.9 Å². The van der Waals surface area contributed by atoms with Crippen molar-refractivity contribution in [2.75, 3.05) is 38.2 Å². The number of carbonyl (C=O) groups excluding carboxylic acids is 1. The highest BCUT2D eigenvalue weighted by molar-refractivity contribution is 7.13. The molecule has 2 aromatic carbocycles. The molecular weight excluding hydrogens is 508 g/mol. The number of methoxy groups -OCH3 is 1. The quantitative estimate of drug-likeness (QED) is 0.247. The fourth-order valence-electron chi connectivity index (χ4n) is 5.07. The maximum Gasteiger partial charge on any atom is 0.255 e. The zero-order chi connectivity index (χ0) is 26.8. The molecule has 3 aromatic heterocycles. The minimum atomic E-state index is 0.0604. The molecule has 7 nitrogen and oxygen atoms in total. The first-order valence-electron chi connectivity index (χ1n) is 13.0. The van der Waals surface area contributed by atoms with Crippen LogP contribution >= 0.6 is 11.3 Å². The van der Waals surface area contributed by atoms with Gasteiger partial charge in [-0.15, -0.1) is 11.3 Å². The second-order valence-corrected chi connectivity index (χ2v) is 10.4. The number of thiazole rings is 1. The number of rotatable bonds is 7. The van der Waals surface area contributed by atoms with Crippen LogP contribution < -0.4 is 9.64 Å². The smallest absolute Gasteiger partial charge is 0.255 e. The lowest BCUT2D eigenvalue weighted by Crippen LogP contribution is -2.48. The van der Waals surface area contributed by atoms with E-state index in [0.717, 1.165) is 52.3 Å². The fourth-order valence-corrected chi connectivity index (χ4v) is 5.89. The van der Waals surface area contributed by atoms with Crippen molar-refractivity contribution in [3.8, 4) is 27.7 Å². The maximum atomic E-state index is 13.8. The molecule has 1 amide bonds. The summed E-state index contributed by atoms with van der Waals surface area (Å²) in [5.41, 5.74) is 5.60. The molecule has 1 saturated heterocycles. The van der Waals surface area contributed by atoms with Crippen molar-refractivity contribution >= 4 is 22.9 Å². The van der Waals surface area contributed by atoms with Crippen LogP contribution in [0.15, 0.2) is 88.9 Å². The van der Waals surface area contributed by atoms with E-state index in [0.29, 0.717) is 25.2 Å². The summed E-state index contributed by atoms with van der Waals surface area (Å²) >= 11 is 1.59. The average molecular weight is 539 g/mol. The molecule has 4 heterocycles. The molecule has 0 N–H and O–H groups in total. The Labute approximate surface area is 231 Å². The van der Waals surface area contributed by atoms with Gasteiger partial charge in [0, 0.05) is 48.5 Å². The summed E-state index contributed by atoms with van der Waals surface area (Å²) in [6.07, 6.45) is 1.68. The van der Waals surface area contributed by atoms with Crippen LogP contribution in [0.5, 0.6) is 5.75 Å². The van der Waals surface area contributed by atoms with Gasteiger partial charge in [-0.2, -0.15) is 0 Å². The molecule has 198 valence electrons. The Hall–Kier alpha value is -4.30. The summed E-state index contributed by atoms with van der Waals surface area (Å²) in [4.78, 5) is 23.1. The van der Waals surface area contributed by atoms with Crippen molar-refractivity contribution in [3.05, 3.63) is 101 Å². The van der Waals surface area contributed by atoms with Crippen LogP contribution in [0.4, 0.5) is 5.69 Å². The predicted octanol–water partition coefficient (Wildman–Crippen LogP) is 6.20. The number of piperazine rings is 1. The number of para-hydroxylation sites is 1. The highest BCUT2D eigenvalue weighted by Crippen LogP contribution is 2.33. The van der Waals surface area contributed by atoms with Gasteiger partial charge in [-0.3, -0.25) is 4.79 Å². The van der Waals surface area contributed by atoms with Gasteiger partial charge in [-0.1, -0.05) is 18.2 Å². The van der Waals surface area contributed by atoms with E-state index < -0.39 is 0 Å². The van der Waals surface area contributed by atoms with E-state index in [1.165, 1.54) is 5.69 Å². The van der Waals surface area contributed by atoms with Crippen molar-refractivity contribution in [2.24, 2.45) is 0 Å². The van der Waals surface area contributed by atoms with E-state index in [9.17, 15) is 4.79 Å². The van der Waals surface area contributed by atoms with E-state index >= 15 is 0 Å². The van der Waals surface area contributed by atoms with E-state index in [1.807, 2.05) is 60.4 Å². The number of carbonyl (C=O) groups is 1. The van der Waals surface area contributed by atoms with Gasteiger partial charge in [0.25, 0.3) is 5.91 Å². The number of amides is 1. The third-order valence-corrected chi connectivity index (χ3v) is 8.17. The molecular formula is C31H30N4O3S. The number of anilines is 1. The van der Waals surface area contributed by atoms with Crippen LogP contribution in [0.25, 0.3) is 22.0 Å². The number of benzene rings is 2. The lowest BCUT2D eigenvalue weighted by Gasteiger charge is -2.36. The minimum absolute atomic E-state index is 0.0604. The number of aromatic nitrogens is 2. The summed E-state index contributed by atoms with van der Waals surface area (Å²) in [6, 6.07) is 24.1. The molecule has 0 radical (unpaired) electrons. The van der Waals surface area contributed by atoms with Crippen LogP contribution in [0.1, 0.15) is 21.8 Å². The van der Waals surface area contributed by atoms with Crippen molar-refractivity contribution < 1.29 is 13.9 Å². The lowest BCUT2D eigenvalue weighted by atomic mass is 10.1. The zero-order valence-corrected chi connectivity index (χ0v) is 22.9. The number of furan rings is 1. The normalized spacial score (nSPS) is 13.6. The van der Waals surface area contributed by atoms with Crippen LogP contribution in [0.3, 0.4) is 0 Å². The summed E-state index contributed by atoms with van der Waals surface area (Å²) < 4.78 is 13.1. The number of hydrogen-bond acceptors (Lipinski definition) is 6. The van der Waals surface area contributed by atoms with Gasteiger partial charge >= 0.3 is 0 Å². The molecule has 0 unspecified atom stereocenters. The monoisotopic (exact) mass is 538 g/mol. The minimum Gasteiger partial charge on any atom is -0.497 e. The first-order chi connectivity index (χ1) is 19.1. The van der Waals surface area contributed by atoms with Crippen LogP contribution in [-0.4, -0.2) is 53.6 Å². The highest BCUT2D eigenvalue weighted by atomic mass is 32.1. The van der Waals surface area contributed by atoms with Crippen molar-refractivity contribution in [2.45, 2.75) is 13.5 Å². The molecule has 1 aliphatic heterocycles. The Kier molecular flexibility index (Phi) is 6.94. The van der Waals surface area contributed by atoms with E-state index in [4.69, 9.17) is 14.1 Å². The summed E-state index contributed by atoms with van der Waals surface area (Å²) in [5, 5.41) is 2.97. The Morgan fingerprint density at radius 1 is 1.00 bits per heavy atom. The van der Waals surface area contributed by atoms with Gasteiger partial charge in [0.15, 0.2) is 0 Å². The Morgan fingerprint density at radius 3 is 2.46 bits per heavy atom. The first kappa shape index (κ1) is 25.0. The largest absolute Gasteiger partial charge is 0.497 e. The molecule has 6 rings (SSSR count). The lowest BCUT2D eigenvalue weighted by molar-refractivity contribution is 0.0746. The molecule has 5 aromatic rings. The zero-order valence-electron chi connectivity index (χ0n) is 22.0. The Bertz CT molecular complexity index is 1550. The van der Waals surface area contributed by atoms with Crippen molar-refractivity contribution in [3.63, 3.8) is 0 Å². The first-order valence-corrected chi connectivity index (χ1v) is 13.9. The second-order valence-electron chi connectivity index (χ2n) is 9.58. The highest BCUT2D eigenvalue weighted by Gasteiger charge is 2.27. The number of nitrogens with zero attached hydrogens (tertiary/aromatic N) is 4. The van der Waals surface area contributed by atoms with Gasteiger partial charge in [0.2, 0.25) is 0 Å². The van der Waals surface area contributed by atoms with E-state index in [1.54, 1.807) is 24.7 Å². The van der Waals surface area contributed by atoms with Gasteiger partial charge in [-0.25, -0.2) is 4.98 Å². The van der Waals surface area contributed by atoms with Crippen LogP contribution in [0, 0.1) is 6.92 Å². The second kappa shape index (κ2) is 10.8. The van der Waals surface area contributed by atoms with Crippen molar-refractivity contribution in [1.29, 1.82) is 0 Å². The van der Waals surface area contributed by atoms with Gasteiger partial charge in [0.1, 0.15) is 16.5 Å². The Morgan fingerprint density at radius 2 is 1.77 bits per heavy atom. The summed E-state index contributed by atoms with van der Waals surface area (Å²) in [5.74, 6) is 1.70. The third-order valence-electron chi connectivity index (χ3n) is 7.28. The number of hydrogen-bond donors (Lipinski definition) is 0. The van der Waals surface area contributed by atoms with Gasteiger partial charge in [-0.05, 0) is 61.5 Å². The Balaban J connectivity index is 1.28. The molecule has 0 aliphatic carbocycles. The fraction of sp³-hybridized carbons (Fsp3) is 0.226. The summed E-state index contributed by atoms with van der Waals surface area (Å²) in [6.45, 7) is 5.53. The summed E-state index contributed by atoms with van der Waals surface area (Å²) in [7, 11) is 1.66. The molecule has 0 spiro atoms. The van der Waals surface area contributed by atoms with Gasteiger partial charge < -0.3 is 23.5 Å². The molecule has 1 fully saturated rings. The molecule has 0 bridgehead atoms. The number of ether oxygens (including phenoxy) is 1. The molecule has 0 saturated carbocycles. The maximum absolute atomic E-state index is 13.8. The molecule has 0 atom stereocenters. The standard InChI is InChI=1S/C31H30N4O3S/c1-22-27(31(36)34-16-14-33(15-17-34)24-7-4-3-5-8-24)19-29(35(22)20-26-9-6-18-38-26)28-21-39-30(32-28)23-10-12-25(37-2)13-11-23/h3-13,18-19,21H,14-17,20H2,1-2H3. The van der Waals surface area contributed by atoms with E-state index in [-0.39, 0.29) is 5.91 Å². The SMILES string of the molecule is COc1ccc(-c2nc(-c3cc(C(=O)N4CCN(c5ccccc5)CC4)c(C)n3Cc3ccco3)cs2)cc1. The van der Waals surface area contributed by atoms with E-state index in [2.05, 4.69) is 39.1 Å². The average Bonchev–Trinajstić information content (AvgIpc) is 3.75. The molecule has 39 heavy (non-hydrogen) atoms. The van der Waals surface area contributed by atoms with Crippen LogP contribution in [-0.2, 0) is 6.54 Å². The topological polar surface area (TPSA) is 63.7 Å². The molecule has 1 aliphatic rings. The predicted molar refractivity (Wildman–Crippen MR) is 155 cm³/mol. The third kappa shape index (κ3) is 5.07. The molecule has 8 heteroatoms.